The Labute approximate surface area is 160 Å². The highest BCUT2D eigenvalue weighted by atomic mass is 79.9. The van der Waals surface area contributed by atoms with Crippen LogP contribution in [0.2, 0.25) is 0 Å². The molecule has 0 saturated carbocycles. The molecule has 1 N–H and O–H groups in total. The van der Waals surface area contributed by atoms with Crippen LogP contribution < -0.4 is 5.32 Å². The first kappa shape index (κ1) is 18.1. The maximum absolute atomic E-state index is 12.2. The van der Waals surface area contributed by atoms with Crippen LogP contribution in [-0.2, 0) is 4.79 Å². The summed E-state index contributed by atoms with van der Waals surface area (Å²) in [4.78, 5) is 16.1. The Bertz CT molecular complexity index is 917. The fraction of sp³-hybridized carbons (Fsp3) is 0.150. The molecule has 1 atom stereocenters. The van der Waals surface area contributed by atoms with Gasteiger partial charge >= 0.3 is 0 Å². The predicted molar refractivity (Wildman–Crippen MR) is 106 cm³/mol. The molecule has 6 heteroatoms. The van der Waals surface area contributed by atoms with Gasteiger partial charge in [-0.15, -0.1) is 0 Å². The second-order valence-electron chi connectivity index (χ2n) is 6.02. The molecule has 26 heavy (non-hydrogen) atoms. The largest absolute Gasteiger partial charge is 0.346 e. The van der Waals surface area contributed by atoms with E-state index >= 15 is 0 Å². The molecule has 1 amide bonds. The number of aromatic nitrogens is 3. The van der Waals surface area contributed by atoms with Gasteiger partial charge in [-0.25, -0.2) is 9.67 Å². The monoisotopic (exact) mass is 410 g/mol. The van der Waals surface area contributed by atoms with Crippen LogP contribution in [0.1, 0.15) is 29.7 Å². The molecule has 0 aliphatic heterocycles. The van der Waals surface area contributed by atoms with E-state index < -0.39 is 0 Å². The van der Waals surface area contributed by atoms with Crippen molar-refractivity contribution in [3.05, 3.63) is 82.4 Å². The van der Waals surface area contributed by atoms with Gasteiger partial charge in [0.05, 0.1) is 11.7 Å². The van der Waals surface area contributed by atoms with E-state index in [1.165, 1.54) is 11.9 Å². The fourth-order valence-electron chi connectivity index (χ4n) is 2.53. The van der Waals surface area contributed by atoms with Crippen molar-refractivity contribution in [1.82, 2.24) is 20.1 Å². The van der Waals surface area contributed by atoms with Gasteiger partial charge in [-0.05, 0) is 54.8 Å². The summed E-state index contributed by atoms with van der Waals surface area (Å²) in [6, 6.07) is 13.8. The first-order chi connectivity index (χ1) is 12.5. The van der Waals surface area contributed by atoms with Crippen molar-refractivity contribution in [3.8, 4) is 5.69 Å². The number of rotatable bonds is 5. The molecule has 2 aromatic carbocycles. The van der Waals surface area contributed by atoms with Crippen molar-refractivity contribution in [3.63, 3.8) is 0 Å². The molecule has 1 heterocycles. The SMILES string of the molecule is Cc1ccc(C=CC(=O)NC(C)c2ccc(-n3cncn3)cc2)c(Br)c1. The highest BCUT2D eigenvalue weighted by Gasteiger charge is 2.08. The van der Waals surface area contributed by atoms with Crippen LogP contribution in [0.15, 0.2) is 65.7 Å². The summed E-state index contributed by atoms with van der Waals surface area (Å²) in [5.41, 5.74) is 4.08. The highest BCUT2D eigenvalue weighted by Crippen LogP contribution is 2.20. The van der Waals surface area contributed by atoms with Crippen LogP contribution in [0.5, 0.6) is 0 Å². The van der Waals surface area contributed by atoms with E-state index in [1.807, 2.05) is 56.3 Å². The van der Waals surface area contributed by atoms with Gasteiger partial charge in [0.15, 0.2) is 0 Å². The number of amides is 1. The summed E-state index contributed by atoms with van der Waals surface area (Å²) in [5.74, 6) is -0.134. The van der Waals surface area contributed by atoms with Crippen molar-refractivity contribution in [2.75, 3.05) is 0 Å². The normalized spacial score (nSPS) is 12.3. The minimum atomic E-state index is -0.134. The Balaban J connectivity index is 1.62. The second-order valence-corrected chi connectivity index (χ2v) is 6.87. The Morgan fingerprint density at radius 2 is 2.00 bits per heavy atom. The maximum Gasteiger partial charge on any atom is 0.244 e. The van der Waals surface area contributed by atoms with Gasteiger partial charge in [0, 0.05) is 10.5 Å². The third-order valence-corrected chi connectivity index (χ3v) is 4.69. The molecule has 0 spiro atoms. The maximum atomic E-state index is 12.2. The van der Waals surface area contributed by atoms with Crippen molar-refractivity contribution < 1.29 is 4.79 Å². The summed E-state index contributed by atoms with van der Waals surface area (Å²) >= 11 is 3.51. The molecule has 3 rings (SSSR count). The zero-order chi connectivity index (χ0) is 18.5. The van der Waals surface area contributed by atoms with Crippen molar-refractivity contribution in [2.24, 2.45) is 0 Å². The molecule has 3 aromatic rings. The summed E-state index contributed by atoms with van der Waals surface area (Å²) in [7, 11) is 0. The Kier molecular flexibility index (Phi) is 5.63. The number of carbonyl (C=O) groups is 1. The number of halogens is 1. The second kappa shape index (κ2) is 8.10. The quantitative estimate of drug-likeness (QED) is 0.640. The van der Waals surface area contributed by atoms with Gasteiger partial charge in [0.1, 0.15) is 12.7 Å². The first-order valence-electron chi connectivity index (χ1n) is 8.22. The van der Waals surface area contributed by atoms with Crippen LogP contribution in [-0.4, -0.2) is 20.7 Å². The summed E-state index contributed by atoms with van der Waals surface area (Å²) in [6.45, 7) is 3.98. The smallest absolute Gasteiger partial charge is 0.244 e. The van der Waals surface area contributed by atoms with Crippen LogP contribution >= 0.6 is 15.9 Å². The molecule has 1 unspecified atom stereocenters. The van der Waals surface area contributed by atoms with E-state index in [-0.39, 0.29) is 11.9 Å². The zero-order valence-electron chi connectivity index (χ0n) is 14.6. The van der Waals surface area contributed by atoms with Gasteiger partial charge in [-0.3, -0.25) is 4.79 Å². The lowest BCUT2D eigenvalue weighted by molar-refractivity contribution is -0.117. The highest BCUT2D eigenvalue weighted by molar-refractivity contribution is 9.10. The molecule has 1 aromatic heterocycles. The lowest BCUT2D eigenvalue weighted by atomic mass is 10.1. The summed E-state index contributed by atoms with van der Waals surface area (Å²) in [5, 5.41) is 7.07. The topological polar surface area (TPSA) is 59.8 Å². The van der Waals surface area contributed by atoms with Crippen LogP contribution in [0.3, 0.4) is 0 Å². The number of aryl methyl sites for hydroxylation is 1. The average Bonchev–Trinajstić information content (AvgIpc) is 3.16. The molecule has 0 saturated heterocycles. The van der Waals surface area contributed by atoms with Crippen molar-refractivity contribution in [1.29, 1.82) is 0 Å². The van der Waals surface area contributed by atoms with Gasteiger partial charge in [0.25, 0.3) is 0 Å². The van der Waals surface area contributed by atoms with Crippen LogP contribution in [0, 0.1) is 6.92 Å². The Hall–Kier alpha value is -2.73. The van der Waals surface area contributed by atoms with E-state index in [9.17, 15) is 4.79 Å². The number of carbonyl (C=O) groups excluding carboxylic acids is 1. The molecule has 0 aliphatic carbocycles. The third kappa shape index (κ3) is 4.46. The standard InChI is InChI=1S/C20H19BrN4O/c1-14-3-4-17(19(21)11-14)7-10-20(26)24-15(2)16-5-8-18(9-6-16)25-13-22-12-23-25/h3-13,15H,1-2H3,(H,24,26). The van der Waals surface area contributed by atoms with Crippen LogP contribution in [0.25, 0.3) is 11.8 Å². The van der Waals surface area contributed by atoms with E-state index in [4.69, 9.17) is 0 Å². The molecule has 0 fully saturated rings. The molecule has 5 nitrogen and oxygen atoms in total. The van der Waals surface area contributed by atoms with Crippen LogP contribution in [0.4, 0.5) is 0 Å². The van der Waals surface area contributed by atoms with Gasteiger partial charge in [0.2, 0.25) is 5.91 Å². The number of benzene rings is 2. The molecular formula is C20H19BrN4O. The Morgan fingerprint density at radius 1 is 1.23 bits per heavy atom. The van der Waals surface area contributed by atoms with Gasteiger partial charge in [-0.2, -0.15) is 5.10 Å². The van der Waals surface area contributed by atoms with Gasteiger partial charge < -0.3 is 5.32 Å². The molecule has 0 aliphatic rings. The van der Waals surface area contributed by atoms with E-state index in [2.05, 4.69) is 31.3 Å². The number of hydrogen-bond donors (Lipinski definition) is 1. The third-order valence-electron chi connectivity index (χ3n) is 4.01. The molecule has 132 valence electrons. The average molecular weight is 411 g/mol. The number of nitrogens with one attached hydrogen (secondary N) is 1. The molecule has 0 bridgehead atoms. The van der Waals surface area contributed by atoms with Crippen molar-refractivity contribution in [2.45, 2.75) is 19.9 Å². The Morgan fingerprint density at radius 3 is 2.65 bits per heavy atom. The minimum Gasteiger partial charge on any atom is -0.346 e. The predicted octanol–water partition coefficient (Wildman–Crippen LogP) is 4.23. The first-order valence-corrected chi connectivity index (χ1v) is 9.02. The minimum absolute atomic E-state index is 0.0987. The van der Waals surface area contributed by atoms with E-state index in [0.29, 0.717) is 0 Å². The summed E-state index contributed by atoms with van der Waals surface area (Å²) in [6.07, 6.45) is 6.50. The molecule has 0 radical (unpaired) electrons. The van der Waals surface area contributed by atoms with Crippen molar-refractivity contribution >= 4 is 27.9 Å². The lowest BCUT2D eigenvalue weighted by Gasteiger charge is -2.13. The fourth-order valence-corrected chi connectivity index (χ4v) is 3.16. The van der Waals surface area contributed by atoms with E-state index in [1.54, 1.807) is 23.2 Å². The zero-order valence-corrected chi connectivity index (χ0v) is 16.1. The number of nitrogens with zero attached hydrogens (tertiary/aromatic N) is 3. The summed E-state index contributed by atoms with van der Waals surface area (Å²) < 4.78 is 2.66. The molecular weight excluding hydrogens is 392 g/mol. The lowest BCUT2D eigenvalue weighted by Crippen LogP contribution is -2.24. The number of hydrogen-bond acceptors (Lipinski definition) is 3. The van der Waals surface area contributed by atoms with E-state index in [0.717, 1.165) is 21.3 Å². The van der Waals surface area contributed by atoms with Gasteiger partial charge in [-0.1, -0.05) is 40.2 Å².